The Morgan fingerprint density at radius 1 is 0.960 bits per heavy atom. The number of esters is 2. The Labute approximate surface area is 142 Å². The third-order valence-electron chi connectivity index (χ3n) is 3.64. The van der Waals surface area contributed by atoms with Crippen LogP contribution in [0.2, 0.25) is 0 Å². The van der Waals surface area contributed by atoms with Gasteiger partial charge in [0.15, 0.2) is 5.69 Å². The molecule has 0 aliphatic rings. The molecule has 0 aliphatic carbocycles. The number of ether oxygens (including phenoxy) is 2. The molecule has 0 N–H and O–H groups in total. The number of carbonyl (C=O) groups excluding carboxylic acids is 2. The van der Waals surface area contributed by atoms with E-state index in [0.717, 1.165) is 4.68 Å². The summed E-state index contributed by atoms with van der Waals surface area (Å²) in [6.07, 6.45) is 0. The van der Waals surface area contributed by atoms with Gasteiger partial charge in [-0.2, -0.15) is 5.10 Å². The summed E-state index contributed by atoms with van der Waals surface area (Å²) < 4.78 is 11.0. The van der Waals surface area contributed by atoms with Gasteiger partial charge in [-0.3, -0.25) is 4.79 Å². The van der Waals surface area contributed by atoms with Crippen LogP contribution in [-0.4, -0.2) is 28.8 Å². The first kappa shape index (κ1) is 16.4. The maximum absolute atomic E-state index is 12.5. The van der Waals surface area contributed by atoms with Gasteiger partial charge in [-0.25, -0.2) is 14.3 Å². The summed E-state index contributed by atoms with van der Waals surface area (Å²) in [6.45, 7) is 0. The lowest BCUT2D eigenvalue weighted by Crippen LogP contribution is -2.24. The highest BCUT2D eigenvalue weighted by Crippen LogP contribution is 2.18. The molecule has 0 aliphatic heterocycles. The van der Waals surface area contributed by atoms with E-state index in [2.05, 4.69) is 9.84 Å². The third kappa shape index (κ3) is 3.12. The van der Waals surface area contributed by atoms with Gasteiger partial charge in [0.05, 0.1) is 18.1 Å². The van der Waals surface area contributed by atoms with E-state index in [1.165, 1.54) is 38.4 Å². The van der Waals surface area contributed by atoms with Crippen molar-refractivity contribution in [1.29, 1.82) is 0 Å². The van der Waals surface area contributed by atoms with E-state index in [0.29, 0.717) is 16.3 Å². The van der Waals surface area contributed by atoms with Crippen LogP contribution in [0.5, 0.6) is 5.75 Å². The lowest BCUT2D eigenvalue weighted by molar-refractivity contribution is 0.0600. The quantitative estimate of drug-likeness (QED) is 0.536. The fraction of sp³-hybridized carbons (Fsp3) is 0.111. The second kappa shape index (κ2) is 6.56. The minimum Gasteiger partial charge on any atom is -0.465 e. The van der Waals surface area contributed by atoms with E-state index in [1.54, 1.807) is 24.3 Å². The number of fused-ring (bicyclic) bond motifs is 1. The van der Waals surface area contributed by atoms with Crippen LogP contribution in [0.4, 0.5) is 0 Å². The molecule has 1 heterocycles. The van der Waals surface area contributed by atoms with Crippen molar-refractivity contribution in [1.82, 2.24) is 9.78 Å². The Balaban J connectivity index is 1.94. The summed E-state index contributed by atoms with van der Waals surface area (Å²) >= 11 is 0. The maximum atomic E-state index is 12.5. The van der Waals surface area contributed by atoms with Gasteiger partial charge in [0, 0.05) is 12.4 Å². The number of nitrogens with zero attached hydrogens (tertiary/aromatic N) is 2. The normalized spacial score (nSPS) is 10.5. The smallest absolute Gasteiger partial charge is 0.364 e. The molecule has 0 bridgehead atoms. The third-order valence-corrected chi connectivity index (χ3v) is 3.64. The Morgan fingerprint density at radius 2 is 1.60 bits per heavy atom. The first-order chi connectivity index (χ1) is 12.0. The fourth-order valence-corrected chi connectivity index (χ4v) is 2.38. The Kier molecular flexibility index (Phi) is 4.30. The molecule has 0 unspecified atom stereocenters. The zero-order valence-electron chi connectivity index (χ0n) is 13.6. The molecule has 0 fully saturated rings. The average Bonchev–Trinajstić information content (AvgIpc) is 2.64. The highest BCUT2D eigenvalue weighted by Gasteiger charge is 2.18. The van der Waals surface area contributed by atoms with Crippen molar-refractivity contribution in [3.63, 3.8) is 0 Å². The van der Waals surface area contributed by atoms with Crippen molar-refractivity contribution in [2.24, 2.45) is 7.05 Å². The van der Waals surface area contributed by atoms with E-state index >= 15 is 0 Å². The highest BCUT2D eigenvalue weighted by molar-refractivity contribution is 6.02. The number of carbonyl (C=O) groups is 2. The highest BCUT2D eigenvalue weighted by atomic mass is 16.5. The summed E-state index contributed by atoms with van der Waals surface area (Å²) in [5.41, 5.74) is 0.0808. The second-order valence-corrected chi connectivity index (χ2v) is 5.23. The van der Waals surface area contributed by atoms with Gasteiger partial charge in [0.25, 0.3) is 5.56 Å². The molecule has 0 spiro atoms. The molecule has 7 nitrogen and oxygen atoms in total. The maximum Gasteiger partial charge on any atom is 0.364 e. The fourth-order valence-electron chi connectivity index (χ4n) is 2.38. The number of rotatable bonds is 3. The first-order valence-electron chi connectivity index (χ1n) is 7.38. The molecule has 3 rings (SSSR count). The molecule has 0 radical (unpaired) electrons. The number of benzene rings is 2. The number of hydrogen-bond donors (Lipinski definition) is 0. The van der Waals surface area contributed by atoms with Crippen LogP contribution in [0.25, 0.3) is 10.8 Å². The van der Waals surface area contributed by atoms with Gasteiger partial charge in [-0.05, 0) is 30.3 Å². The zero-order valence-corrected chi connectivity index (χ0v) is 13.6. The van der Waals surface area contributed by atoms with Crippen LogP contribution >= 0.6 is 0 Å². The molecule has 0 saturated carbocycles. The number of methoxy groups -OCH3 is 1. The molecule has 0 saturated heterocycles. The molecule has 2 aromatic carbocycles. The van der Waals surface area contributed by atoms with Crippen molar-refractivity contribution in [3.05, 3.63) is 70.1 Å². The molecule has 126 valence electrons. The zero-order chi connectivity index (χ0) is 18.0. The average molecular weight is 338 g/mol. The Hall–Kier alpha value is -3.48. The summed E-state index contributed by atoms with van der Waals surface area (Å²) in [5, 5.41) is 4.81. The minimum absolute atomic E-state index is 0.0368. The van der Waals surface area contributed by atoms with Crippen molar-refractivity contribution in [2.45, 2.75) is 0 Å². The topological polar surface area (TPSA) is 87.5 Å². The molecule has 7 heteroatoms. The number of aryl methyl sites for hydroxylation is 1. The van der Waals surface area contributed by atoms with Crippen LogP contribution < -0.4 is 10.3 Å². The summed E-state index contributed by atoms with van der Waals surface area (Å²) in [4.78, 5) is 36.0. The van der Waals surface area contributed by atoms with Crippen molar-refractivity contribution in [3.8, 4) is 5.75 Å². The second-order valence-electron chi connectivity index (χ2n) is 5.23. The number of hydrogen-bond acceptors (Lipinski definition) is 6. The van der Waals surface area contributed by atoms with Crippen LogP contribution in [-0.2, 0) is 11.8 Å². The van der Waals surface area contributed by atoms with Gasteiger partial charge < -0.3 is 9.47 Å². The van der Waals surface area contributed by atoms with Crippen molar-refractivity contribution in [2.75, 3.05) is 7.11 Å². The largest absolute Gasteiger partial charge is 0.465 e. The Bertz CT molecular complexity index is 1020. The summed E-state index contributed by atoms with van der Waals surface area (Å²) in [6, 6.07) is 12.6. The molecule has 3 aromatic rings. The molecule has 0 atom stereocenters. The van der Waals surface area contributed by atoms with Gasteiger partial charge in [0.1, 0.15) is 5.75 Å². The molecule has 1 aromatic heterocycles. The standard InChI is InChI=1S/C18H14N2O5/c1-20-16(21)14-6-4-3-5-13(14)15(19-20)18(23)25-12-9-7-11(8-10-12)17(22)24-2/h3-10H,1-2H3. The van der Waals surface area contributed by atoms with Crippen molar-refractivity contribution < 1.29 is 19.1 Å². The van der Waals surface area contributed by atoms with E-state index in [-0.39, 0.29) is 17.0 Å². The lowest BCUT2D eigenvalue weighted by Gasteiger charge is -2.08. The van der Waals surface area contributed by atoms with E-state index < -0.39 is 11.9 Å². The van der Waals surface area contributed by atoms with Gasteiger partial charge in [-0.1, -0.05) is 18.2 Å². The van der Waals surface area contributed by atoms with Crippen LogP contribution in [0.1, 0.15) is 20.8 Å². The molecule has 25 heavy (non-hydrogen) atoms. The van der Waals surface area contributed by atoms with E-state index in [1.807, 2.05) is 0 Å². The summed E-state index contributed by atoms with van der Waals surface area (Å²) in [5.74, 6) is -0.932. The number of aromatic nitrogens is 2. The predicted molar refractivity (Wildman–Crippen MR) is 89.7 cm³/mol. The van der Waals surface area contributed by atoms with Crippen LogP contribution in [0.15, 0.2) is 53.3 Å². The van der Waals surface area contributed by atoms with E-state index in [9.17, 15) is 14.4 Å². The monoisotopic (exact) mass is 338 g/mol. The van der Waals surface area contributed by atoms with Gasteiger partial charge in [-0.15, -0.1) is 0 Å². The van der Waals surface area contributed by atoms with Gasteiger partial charge in [0.2, 0.25) is 0 Å². The van der Waals surface area contributed by atoms with Crippen LogP contribution in [0.3, 0.4) is 0 Å². The van der Waals surface area contributed by atoms with Crippen LogP contribution in [0, 0.1) is 0 Å². The predicted octanol–water partition coefficient (Wildman–Crippen LogP) is 1.94. The SMILES string of the molecule is COC(=O)c1ccc(OC(=O)c2nn(C)c(=O)c3ccccc23)cc1. The molecular formula is C18H14N2O5. The lowest BCUT2D eigenvalue weighted by atomic mass is 10.1. The minimum atomic E-state index is -0.697. The Morgan fingerprint density at radius 3 is 2.24 bits per heavy atom. The van der Waals surface area contributed by atoms with E-state index in [4.69, 9.17) is 4.74 Å². The van der Waals surface area contributed by atoms with Gasteiger partial charge >= 0.3 is 11.9 Å². The molecular weight excluding hydrogens is 324 g/mol. The van der Waals surface area contributed by atoms with Crippen molar-refractivity contribution >= 4 is 22.7 Å². The summed E-state index contributed by atoms with van der Waals surface area (Å²) in [7, 11) is 2.75. The molecule has 0 amide bonds. The first-order valence-corrected chi connectivity index (χ1v) is 7.38.